The maximum atomic E-state index is 11.5. The van der Waals surface area contributed by atoms with Crippen LogP contribution in [0, 0.1) is 0 Å². The maximum absolute atomic E-state index is 11.5. The molecule has 0 aromatic carbocycles. The Bertz CT molecular complexity index is 495. The molecule has 1 aromatic heterocycles. The number of carboxylic acids is 1. The second-order valence-electron chi connectivity index (χ2n) is 3.71. The Morgan fingerprint density at radius 2 is 2.17 bits per heavy atom. The summed E-state index contributed by atoms with van der Waals surface area (Å²) in [4.78, 5) is 33.3. The van der Waals surface area contributed by atoms with E-state index in [1.165, 1.54) is 16.8 Å². The van der Waals surface area contributed by atoms with E-state index in [2.05, 4.69) is 10.4 Å². The molecule has 0 aliphatic rings. The topological polar surface area (TPSA) is 101 Å². The lowest BCUT2D eigenvalue weighted by Gasteiger charge is -2.06. The van der Waals surface area contributed by atoms with Crippen LogP contribution in [0.5, 0.6) is 0 Å². The van der Waals surface area contributed by atoms with Gasteiger partial charge in [0.1, 0.15) is 12.2 Å². The molecule has 0 spiro atoms. The summed E-state index contributed by atoms with van der Waals surface area (Å²) in [7, 11) is 0. The summed E-state index contributed by atoms with van der Waals surface area (Å²) >= 11 is 0. The van der Waals surface area contributed by atoms with Gasteiger partial charge in [-0.1, -0.05) is 13.3 Å². The number of hydrogen-bond donors (Lipinski definition) is 2. The monoisotopic (exact) mass is 253 g/mol. The summed E-state index contributed by atoms with van der Waals surface area (Å²) in [6.07, 6.45) is 1.69. The number of nitrogens with zero attached hydrogens (tertiary/aromatic N) is 2. The van der Waals surface area contributed by atoms with Crippen LogP contribution < -0.4 is 10.9 Å². The molecule has 98 valence electrons. The number of amides is 1. The minimum Gasteiger partial charge on any atom is -0.480 e. The molecule has 0 radical (unpaired) electrons. The van der Waals surface area contributed by atoms with Crippen LogP contribution in [0.15, 0.2) is 16.9 Å². The van der Waals surface area contributed by atoms with Gasteiger partial charge in [-0.05, 0) is 12.5 Å². The first-order chi connectivity index (χ1) is 8.54. The predicted octanol–water partition coefficient (Wildman–Crippen LogP) is -0.142. The summed E-state index contributed by atoms with van der Waals surface area (Å²) in [5, 5.41) is 14.5. The van der Waals surface area contributed by atoms with Crippen LogP contribution in [0.1, 0.15) is 30.3 Å². The quantitative estimate of drug-likeness (QED) is 0.734. The van der Waals surface area contributed by atoms with Gasteiger partial charge in [-0.3, -0.25) is 14.4 Å². The molecule has 7 heteroatoms. The fraction of sp³-hybridized carbons (Fsp3) is 0.455. The molecule has 2 N–H and O–H groups in total. The molecule has 0 saturated carbocycles. The molecule has 1 amide bonds. The molecule has 18 heavy (non-hydrogen) atoms. The largest absolute Gasteiger partial charge is 0.480 e. The number of hydrogen-bond acceptors (Lipinski definition) is 4. The van der Waals surface area contributed by atoms with Crippen LogP contribution in [0.2, 0.25) is 0 Å². The molecule has 1 rings (SSSR count). The second kappa shape index (κ2) is 6.53. The highest BCUT2D eigenvalue weighted by atomic mass is 16.4. The van der Waals surface area contributed by atoms with Crippen molar-refractivity contribution in [3.63, 3.8) is 0 Å². The Morgan fingerprint density at radius 3 is 2.78 bits per heavy atom. The van der Waals surface area contributed by atoms with Crippen molar-refractivity contribution in [3.05, 3.63) is 28.2 Å². The average molecular weight is 253 g/mol. The number of carbonyl (C=O) groups is 2. The van der Waals surface area contributed by atoms with Gasteiger partial charge in [0.05, 0.1) is 0 Å². The number of unbranched alkanes of at least 4 members (excludes halogenated alkanes) is 1. The third kappa shape index (κ3) is 4.00. The van der Waals surface area contributed by atoms with Crippen LogP contribution in [0.3, 0.4) is 0 Å². The van der Waals surface area contributed by atoms with Crippen molar-refractivity contribution < 1.29 is 14.7 Å². The minimum atomic E-state index is -1.14. The summed E-state index contributed by atoms with van der Waals surface area (Å²) in [5.41, 5.74) is -0.245. The Balaban J connectivity index is 2.80. The predicted molar refractivity (Wildman–Crippen MR) is 63.4 cm³/mol. The van der Waals surface area contributed by atoms with Crippen molar-refractivity contribution in [1.29, 1.82) is 0 Å². The lowest BCUT2D eigenvalue weighted by molar-refractivity contribution is -0.135. The van der Waals surface area contributed by atoms with Gasteiger partial charge in [-0.2, -0.15) is 5.10 Å². The number of carbonyl (C=O) groups excluding carboxylic acids is 1. The molecule has 0 saturated heterocycles. The van der Waals surface area contributed by atoms with Crippen molar-refractivity contribution in [2.75, 3.05) is 6.54 Å². The zero-order valence-electron chi connectivity index (χ0n) is 10.0. The Labute approximate surface area is 103 Å². The van der Waals surface area contributed by atoms with E-state index in [-0.39, 0.29) is 11.3 Å². The highest BCUT2D eigenvalue weighted by Gasteiger charge is 2.10. The number of aryl methyl sites for hydroxylation is 1. The third-order valence-electron chi connectivity index (χ3n) is 2.22. The Kier molecular flexibility index (Phi) is 5.04. The van der Waals surface area contributed by atoms with Crippen molar-refractivity contribution in [2.45, 2.75) is 26.3 Å². The number of carboxylic acid groups (broad SMARTS) is 1. The lowest BCUT2D eigenvalue weighted by atomic mass is 10.3. The normalized spacial score (nSPS) is 10.1. The van der Waals surface area contributed by atoms with Gasteiger partial charge >= 0.3 is 5.97 Å². The standard InChI is InChI=1S/C11H15N3O4/c1-2-3-6-14-9(15)5-4-8(13-14)11(18)12-7-10(16)17/h4-5H,2-3,6-7H2,1H3,(H,12,18)(H,16,17). The maximum Gasteiger partial charge on any atom is 0.322 e. The van der Waals surface area contributed by atoms with Gasteiger partial charge in [-0.25, -0.2) is 4.68 Å². The fourth-order valence-corrected chi connectivity index (χ4v) is 1.28. The third-order valence-corrected chi connectivity index (χ3v) is 2.22. The van der Waals surface area contributed by atoms with Gasteiger partial charge in [0.2, 0.25) is 0 Å². The van der Waals surface area contributed by atoms with Crippen molar-refractivity contribution >= 4 is 11.9 Å². The van der Waals surface area contributed by atoms with Gasteiger partial charge in [-0.15, -0.1) is 0 Å². The van der Waals surface area contributed by atoms with Crippen molar-refractivity contribution in [3.8, 4) is 0 Å². The molecule has 0 atom stereocenters. The summed E-state index contributed by atoms with van der Waals surface area (Å²) in [6, 6.07) is 2.53. The Morgan fingerprint density at radius 1 is 1.44 bits per heavy atom. The molecule has 0 aliphatic heterocycles. The molecule has 1 heterocycles. The van der Waals surface area contributed by atoms with Crippen LogP contribution in [-0.2, 0) is 11.3 Å². The van der Waals surface area contributed by atoms with Crippen molar-refractivity contribution in [1.82, 2.24) is 15.1 Å². The SMILES string of the molecule is CCCCn1nc(C(=O)NCC(=O)O)ccc1=O. The van der Waals surface area contributed by atoms with E-state index >= 15 is 0 Å². The van der Waals surface area contributed by atoms with E-state index in [1.54, 1.807) is 0 Å². The molecule has 1 aromatic rings. The lowest BCUT2D eigenvalue weighted by Crippen LogP contribution is -2.32. The second-order valence-corrected chi connectivity index (χ2v) is 3.71. The van der Waals surface area contributed by atoms with Gasteiger partial charge in [0.25, 0.3) is 11.5 Å². The number of aliphatic carboxylic acids is 1. The van der Waals surface area contributed by atoms with E-state index in [0.717, 1.165) is 12.8 Å². The van der Waals surface area contributed by atoms with Gasteiger partial charge in [0, 0.05) is 12.6 Å². The van der Waals surface area contributed by atoms with E-state index in [1.807, 2.05) is 6.92 Å². The fourth-order valence-electron chi connectivity index (χ4n) is 1.28. The molecule has 7 nitrogen and oxygen atoms in total. The van der Waals surface area contributed by atoms with Crippen LogP contribution in [-0.4, -0.2) is 33.3 Å². The van der Waals surface area contributed by atoms with Gasteiger partial charge in [0.15, 0.2) is 0 Å². The molecule has 0 unspecified atom stereocenters. The van der Waals surface area contributed by atoms with Crippen LogP contribution >= 0.6 is 0 Å². The summed E-state index contributed by atoms with van der Waals surface area (Å²) in [5.74, 6) is -1.75. The van der Waals surface area contributed by atoms with Gasteiger partial charge < -0.3 is 10.4 Å². The smallest absolute Gasteiger partial charge is 0.322 e. The van der Waals surface area contributed by atoms with E-state index in [9.17, 15) is 14.4 Å². The zero-order chi connectivity index (χ0) is 13.5. The first kappa shape index (κ1) is 13.9. The molecular formula is C11H15N3O4. The average Bonchev–Trinajstić information content (AvgIpc) is 2.35. The Hall–Kier alpha value is -2.18. The van der Waals surface area contributed by atoms with Crippen LogP contribution in [0.4, 0.5) is 0 Å². The number of rotatable bonds is 6. The van der Waals surface area contributed by atoms with E-state index < -0.39 is 18.4 Å². The highest BCUT2D eigenvalue weighted by Crippen LogP contribution is 1.93. The van der Waals surface area contributed by atoms with E-state index in [0.29, 0.717) is 6.54 Å². The summed E-state index contributed by atoms with van der Waals surface area (Å²) < 4.78 is 1.21. The van der Waals surface area contributed by atoms with E-state index in [4.69, 9.17) is 5.11 Å². The molecule has 0 bridgehead atoms. The number of nitrogens with one attached hydrogen (secondary N) is 1. The van der Waals surface area contributed by atoms with Crippen LogP contribution in [0.25, 0.3) is 0 Å². The molecule has 0 aliphatic carbocycles. The first-order valence-electron chi connectivity index (χ1n) is 5.62. The highest BCUT2D eigenvalue weighted by molar-refractivity contribution is 5.93. The number of aromatic nitrogens is 2. The van der Waals surface area contributed by atoms with Crippen molar-refractivity contribution in [2.24, 2.45) is 0 Å². The zero-order valence-corrected chi connectivity index (χ0v) is 10.0. The minimum absolute atomic E-state index is 0.0342. The molecular weight excluding hydrogens is 238 g/mol. The molecule has 0 fully saturated rings. The first-order valence-corrected chi connectivity index (χ1v) is 5.62. The summed E-state index contributed by atoms with van der Waals surface area (Å²) in [6.45, 7) is 1.94.